The Morgan fingerprint density at radius 1 is 1.37 bits per heavy atom. The maximum absolute atomic E-state index is 12.3. The Labute approximate surface area is 113 Å². The fourth-order valence-corrected chi connectivity index (χ4v) is 4.04. The number of anilines is 1. The van der Waals surface area contributed by atoms with Crippen molar-refractivity contribution in [3.63, 3.8) is 0 Å². The minimum atomic E-state index is -3.54. The van der Waals surface area contributed by atoms with Crippen molar-refractivity contribution >= 4 is 15.7 Å². The minimum absolute atomic E-state index is 0.228. The number of sulfonamides is 1. The molecule has 0 amide bonds. The van der Waals surface area contributed by atoms with Gasteiger partial charge in [0.15, 0.2) is 0 Å². The number of rotatable bonds is 4. The van der Waals surface area contributed by atoms with Crippen LogP contribution < -0.4 is 10.5 Å². The molecular weight excluding hydrogens is 264 g/mol. The number of nitrogen functional groups attached to an aromatic ring is 1. The second-order valence-corrected chi connectivity index (χ2v) is 6.97. The largest absolute Gasteiger partial charge is 0.398 e. The van der Waals surface area contributed by atoms with Crippen LogP contribution in [0.3, 0.4) is 0 Å². The van der Waals surface area contributed by atoms with Crippen molar-refractivity contribution in [3.05, 3.63) is 23.3 Å². The van der Waals surface area contributed by atoms with E-state index in [9.17, 15) is 13.5 Å². The molecule has 5 nitrogen and oxygen atoms in total. The monoisotopic (exact) mass is 284 g/mol. The maximum Gasteiger partial charge on any atom is 0.241 e. The normalized spacial score (nSPS) is 23.1. The molecule has 0 atom stereocenters. The molecule has 19 heavy (non-hydrogen) atoms. The third-order valence-corrected chi connectivity index (χ3v) is 5.40. The summed E-state index contributed by atoms with van der Waals surface area (Å²) in [6.07, 6.45) is 1.06. The Morgan fingerprint density at radius 3 is 2.58 bits per heavy atom. The van der Waals surface area contributed by atoms with Crippen molar-refractivity contribution in [2.75, 3.05) is 12.3 Å². The SMILES string of the molecule is Cc1ccc(N)c(C)c1S(=O)(=O)NCC1CC(O)C1. The van der Waals surface area contributed by atoms with Crippen LogP contribution in [0.25, 0.3) is 0 Å². The predicted molar refractivity (Wildman–Crippen MR) is 74.2 cm³/mol. The van der Waals surface area contributed by atoms with Gasteiger partial charge >= 0.3 is 0 Å². The summed E-state index contributed by atoms with van der Waals surface area (Å²) < 4.78 is 27.3. The van der Waals surface area contributed by atoms with E-state index in [0.29, 0.717) is 36.2 Å². The number of hydrogen-bond acceptors (Lipinski definition) is 4. The van der Waals surface area contributed by atoms with E-state index in [1.165, 1.54) is 0 Å². The number of aliphatic hydroxyl groups excluding tert-OH is 1. The zero-order valence-corrected chi connectivity index (χ0v) is 12.0. The molecule has 4 N–H and O–H groups in total. The van der Waals surface area contributed by atoms with Crippen LogP contribution in [0.5, 0.6) is 0 Å². The first-order valence-corrected chi connectivity index (χ1v) is 7.83. The first-order valence-electron chi connectivity index (χ1n) is 6.34. The van der Waals surface area contributed by atoms with Crippen LogP contribution in [-0.4, -0.2) is 26.2 Å². The molecule has 0 aromatic heterocycles. The van der Waals surface area contributed by atoms with Gasteiger partial charge < -0.3 is 10.8 Å². The van der Waals surface area contributed by atoms with E-state index < -0.39 is 10.0 Å². The van der Waals surface area contributed by atoms with Crippen LogP contribution in [0.4, 0.5) is 5.69 Å². The Kier molecular flexibility index (Phi) is 3.85. The van der Waals surface area contributed by atoms with Crippen LogP contribution in [0, 0.1) is 19.8 Å². The van der Waals surface area contributed by atoms with E-state index in [1.807, 2.05) is 0 Å². The summed E-state index contributed by atoms with van der Waals surface area (Å²) in [6.45, 7) is 3.84. The van der Waals surface area contributed by atoms with Gasteiger partial charge in [-0.3, -0.25) is 0 Å². The van der Waals surface area contributed by atoms with E-state index in [2.05, 4.69) is 4.72 Å². The number of aliphatic hydroxyl groups is 1. The first kappa shape index (κ1) is 14.3. The average molecular weight is 284 g/mol. The third-order valence-electron chi connectivity index (χ3n) is 3.69. The molecule has 1 aromatic carbocycles. The quantitative estimate of drug-likeness (QED) is 0.717. The highest BCUT2D eigenvalue weighted by atomic mass is 32.2. The van der Waals surface area contributed by atoms with Crippen molar-refractivity contribution in [3.8, 4) is 0 Å². The molecule has 6 heteroatoms. The highest BCUT2D eigenvalue weighted by molar-refractivity contribution is 7.89. The van der Waals surface area contributed by atoms with Crippen molar-refractivity contribution in [2.24, 2.45) is 5.92 Å². The fourth-order valence-electron chi connectivity index (χ4n) is 2.42. The summed E-state index contributed by atoms with van der Waals surface area (Å²) in [6, 6.07) is 3.43. The molecule has 0 spiro atoms. The lowest BCUT2D eigenvalue weighted by molar-refractivity contribution is 0.0453. The van der Waals surface area contributed by atoms with Crippen molar-refractivity contribution in [1.29, 1.82) is 0 Å². The van der Waals surface area contributed by atoms with E-state index in [0.717, 1.165) is 0 Å². The molecule has 0 aliphatic heterocycles. The molecular formula is C13H20N2O3S. The molecule has 1 aromatic rings. The van der Waals surface area contributed by atoms with Gasteiger partial charge in [-0.2, -0.15) is 0 Å². The summed E-state index contributed by atoms with van der Waals surface area (Å²) in [4.78, 5) is 0.271. The van der Waals surface area contributed by atoms with Crippen LogP contribution in [0.15, 0.2) is 17.0 Å². The van der Waals surface area contributed by atoms with Crippen LogP contribution in [0.1, 0.15) is 24.0 Å². The highest BCUT2D eigenvalue weighted by Gasteiger charge is 2.29. The number of benzene rings is 1. The summed E-state index contributed by atoms with van der Waals surface area (Å²) in [5.74, 6) is 0.228. The lowest BCUT2D eigenvalue weighted by Gasteiger charge is -2.31. The number of nitrogens with one attached hydrogen (secondary N) is 1. The Bertz CT molecular complexity index is 578. The minimum Gasteiger partial charge on any atom is -0.398 e. The van der Waals surface area contributed by atoms with Gasteiger partial charge in [0.05, 0.1) is 11.0 Å². The summed E-state index contributed by atoms with van der Waals surface area (Å²) in [5, 5.41) is 9.20. The molecule has 0 bridgehead atoms. The van der Waals surface area contributed by atoms with Gasteiger partial charge in [0.2, 0.25) is 10.0 Å². The Morgan fingerprint density at radius 2 is 2.00 bits per heavy atom. The standard InChI is InChI=1S/C13H20N2O3S/c1-8-3-4-12(14)9(2)13(8)19(17,18)15-7-10-5-11(16)6-10/h3-4,10-11,15-16H,5-7,14H2,1-2H3. The predicted octanol–water partition coefficient (Wildman–Crippen LogP) is 0.935. The van der Waals surface area contributed by atoms with E-state index in [1.54, 1.807) is 26.0 Å². The molecule has 0 radical (unpaired) electrons. The van der Waals surface area contributed by atoms with Gasteiger partial charge in [0, 0.05) is 12.2 Å². The molecule has 1 aliphatic carbocycles. The average Bonchev–Trinajstić information content (AvgIpc) is 2.28. The number of nitrogens with two attached hydrogens (primary N) is 1. The lowest BCUT2D eigenvalue weighted by atomic mass is 9.83. The molecule has 0 heterocycles. The van der Waals surface area contributed by atoms with Gasteiger partial charge in [0.1, 0.15) is 0 Å². The molecule has 1 fully saturated rings. The topological polar surface area (TPSA) is 92.4 Å². The van der Waals surface area contributed by atoms with E-state index >= 15 is 0 Å². The second kappa shape index (κ2) is 5.11. The summed E-state index contributed by atoms with van der Waals surface area (Å²) in [5.41, 5.74) is 7.52. The zero-order chi connectivity index (χ0) is 14.2. The maximum atomic E-state index is 12.3. The van der Waals surface area contributed by atoms with E-state index in [4.69, 9.17) is 5.73 Å². The molecule has 1 aliphatic rings. The fraction of sp³-hybridized carbons (Fsp3) is 0.538. The number of aryl methyl sites for hydroxylation is 1. The smallest absolute Gasteiger partial charge is 0.241 e. The van der Waals surface area contributed by atoms with Gasteiger partial charge in [-0.15, -0.1) is 0 Å². The van der Waals surface area contributed by atoms with Gasteiger partial charge in [-0.05, 0) is 49.8 Å². The van der Waals surface area contributed by atoms with Crippen molar-refractivity contribution < 1.29 is 13.5 Å². The molecule has 0 unspecified atom stereocenters. The highest BCUT2D eigenvalue weighted by Crippen LogP contribution is 2.28. The Balaban J connectivity index is 2.17. The van der Waals surface area contributed by atoms with Crippen LogP contribution in [0.2, 0.25) is 0 Å². The summed E-state index contributed by atoms with van der Waals surface area (Å²) in [7, 11) is -3.54. The molecule has 2 rings (SSSR count). The van der Waals surface area contributed by atoms with Gasteiger partial charge in [-0.25, -0.2) is 13.1 Å². The molecule has 1 saturated carbocycles. The van der Waals surface area contributed by atoms with Gasteiger partial charge in [-0.1, -0.05) is 6.07 Å². The van der Waals surface area contributed by atoms with E-state index in [-0.39, 0.29) is 16.9 Å². The number of hydrogen-bond donors (Lipinski definition) is 3. The first-order chi connectivity index (χ1) is 8.81. The van der Waals surface area contributed by atoms with Crippen LogP contribution in [-0.2, 0) is 10.0 Å². The van der Waals surface area contributed by atoms with Crippen molar-refractivity contribution in [1.82, 2.24) is 4.72 Å². The van der Waals surface area contributed by atoms with Crippen molar-refractivity contribution in [2.45, 2.75) is 37.7 Å². The second-order valence-electron chi connectivity index (χ2n) is 5.27. The van der Waals surface area contributed by atoms with Crippen LogP contribution >= 0.6 is 0 Å². The van der Waals surface area contributed by atoms with Gasteiger partial charge in [0.25, 0.3) is 0 Å². The third kappa shape index (κ3) is 2.91. The Hall–Kier alpha value is -1.11. The summed E-state index contributed by atoms with van der Waals surface area (Å²) >= 11 is 0. The lowest BCUT2D eigenvalue weighted by Crippen LogP contribution is -2.38. The molecule has 0 saturated heterocycles. The molecule has 106 valence electrons. The zero-order valence-electron chi connectivity index (χ0n) is 11.2.